The van der Waals surface area contributed by atoms with Crippen LogP contribution in [0.4, 0.5) is 0 Å². The number of rotatable bonds is 4. The van der Waals surface area contributed by atoms with Gasteiger partial charge in [-0.05, 0) is 24.6 Å². The summed E-state index contributed by atoms with van der Waals surface area (Å²) in [6.07, 6.45) is 0.450. The third-order valence-electron chi connectivity index (χ3n) is 4.61. The Morgan fingerprint density at radius 2 is 1.81 bits per heavy atom. The van der Waals surface area contributed by atoms with Crippen LogP contribution in [0.3, 0.4) is 0 Å². The van der Waals surface area contributed by atoms with E-state index in [9.17, 15) is 14.7 Å². The van der Waals surface area contributed by atoms with Crippen LogP contribution in [0.15, 0.2) is 39.0 Å². The number of hydrogen-bond donors (Lipinski definition) is 1. The van der Waals surface area contributed by atoms with Crippen LogP contribution in [-0.2, 0) is 14.1 Å². The fourth-order valence-electron chi connectivity index (χ4n) is 3.14. The Bertz CT molecular complexity index is 972. The third kappa shape index (κ3) is 2.87. The van der Waals surface area contributed by atoms with Crippen LogP contribution in [-0.4, -0.2) is 38.6 Å². The maximum atomic E-state index is 12.5. The van der Waals surface area contributed by atoms with E-state index in [2.05, 4.69) is 5.10 Å². The quantitative estimate of drug-likeness (QED) is 0.880. The lowest BCUT2D eigenvalue weighted by Crippen LogP contribution is -2.39. The average Bonchev–Trinajstić information content (AvgIpc) is 3.01. The van der Waals surface area contributed by atoms with Gasteiger partial charge in [0, 0.05) is 27.6 Å². The molecule has 1 aromatic heterocycles. The molecule has 0 fully saturated rings. The largest absolute Gasteiger partial charge is 0.494 e. The second-order valence-corrected chi connectivity index (χ2v) is 6.25. The Balaban J connectivity index is 1.95. The first kappa shape index (κ1) is 17.8. The molecule has 0 saturated heterocycles. The third-order valence-corrected chi connectivity index (χ3v) is 4.61. The van der Waals surface area contributed by atoms with Crippen LogP contribution in [0.25, 0.3) is 0 Å². The number of aromatic nitrogens is 2. The molecule has 26 heavy (non-hydrogen) atoms. The molecule has 1 aliphatic heterocycles. The predicted octanol–water partition coefficient (Wildman–Crippen LogP) is 0.969. The average molecular weight is 358 g/mol. The lowest BCUT2D eigenvalue weighted by molar-refractivity contribution is 0.289. The summed E-state index contributed by atoms with van der Waals surface area (Å²) in [4.78, 5) is 24.4. The van der Waals surface area contributed by atoms with Crippen molar-refractivity contribution in [2.75, 3.05) is 13.7 Å². The zero-order valence-corrected chi connectivity index (χ0v) is 15.3. The van der Waals surface area contributed by atoms with Crippen LogP contribution in [0.5, 0.6) is 11.6 Å². The first-order valence-corrected chi connectivity index (χ1v) is 8.37. The normalized spacial score (nSPS) is 16.7. The summed E-state index contributed by atoms with van der Waals surface area (Å²) >= 11 is 0. The highest BCUT2D eigenvalue weighted by atomic mass is 16.5. The zero-order valence-electron chi connectivity index (χ0n) is 15.3. The lowest BCUT2D eigenvalue weighted by Gasteiger charge is -2.19. The van der Waals surface area contributed by atoms with E-state index >= 15 is 0 Å². The topological polar surface area (TPSA) is 89.1 Å². The summed E-state index contributed by atoms with van der Waals surface area (Å²) in [6.45, 7) is 2.53. The van der Waals surface area contributed by atoms with Crippen LogP contribution < -0.4 is 16.0 Å². The van der Waals surface area contributed by atoms with E-state index in [1.807, 2.05) is 38.2 Å². The molecule has 1 unspecified atom stereocenters. The molecule has 0 bridgehead atoms. The molecule has 138 valence electrons. The van der Waals surface area contributed by atoms with Gasteiger partial charge in [0.25, 0.3) is 5.56 Å². The van der Waals surface area contributed by atoms with Crippen LogP contribution in [0.2, 0.25) is 0 Å². The maximum Gasteiger partial charge on any atom is 0.333 e. The second-order valence-electron chi connectivity index (χ2n) is 6.25. The van der Waals surface area contributed by atoms with E-state index in [1.165, 1.54) is 14.1 Å². The van der Waals surface area contributed by atoms with Crippen LogP contribution >= 0.6 is 0 Å². The molecule has 1 atom stereocenters. The van der Waals surface area contributed by atoms with Gasteiger partial charge < -0.3 is 9.84 Å². The maximum absolute atomic E-state index is 12.5. The highest BCUT2D eigenvalue weighted by Crippen LogP contribution is 2.32. The van der Waals surface area contributed by atoms with Crippen molar-refractivity contribution in [1.82, 2.24) is 14.1 Å². The molecule has 2 heterocycles. The van der Waals surface area contributed by atoms with Crippen LogP contribution in [0.1, 0.15) is 30.5 Å². The zero-order chi connectivity index (χ0) is 19.0. The monoisotopic (exact) mass is 358 g/mol. The number of hydrazone groups is 1. The Kier molecular flexibility index (Phi) is 4.58. The molecular formula is C18H22N4O4. The summed E-state index contributed by atoms with van der Waals surface area (Å²) in [5.41, 5.74) is 0.419. The van der Waals surface area contributed by atoms with E-state index in [-0.39, 0.29) is 17.5 Å². The van der Waals surface area contributed by atoms with Gasteiger partial charge in [-0.1, -0.05) is 12.1 Å². The predicted molar refractivity (Wildman–Crippen MR) is 97.9 cm³/mol. The van der Waals surface area contributed by atoms with Gasteiger partial charge in [-0.15, -0.1) is 0 Å². The van der Waals surface area contributed by atoms with Crippen molar-refractivity contribution in [2.45, 2.75) is 19.4 Å². The molecule has 3 rings (SSSR count). The Labute approximate surface area is 150 Å². The van der Waals surface area contributed by atoms with Gasteiger partial charge in [-0.3, -0.25) is 18.9 Å². The van der Waals surface area contributed by atoms with Crippen molar-refractivity contribution in [2.24, 2.45) is 19.2 Å². The molecule has 0 radical (unpaired) electrons. The molecule has 1 aromatic carbocycles. The first-order chi connectivity index (χ1) is 12.3. The fourth-order valence-corrected chi connectivity index (χ4v) is 3.14. The van der Waals surface area contributed by atoms with Gasteiger partial charge in [0.2, 0.25) is 5.88 Å². The van der Waals surface area contributed by atoms with Crippen LogP contribution in [0, 0.1) is 0 Å². The minimum Gasteiger partial charge on any atom is -0.494 e. The molecule has 1 aliphatic rings. The van der Waals surface area contributed by atoms with Gasteiger partial charge in [0.15, 0.2) is 0 Å². The van der Waals surface area contributed by atoms with E-state index in [1.54, 1.807) is 5.01 Å². The second kappa shape index (κ2) is 6.70. The molecule has 1 N–H and O–H groups in total. The SMILES string of the molecule is CCOc1ccc(C2CC(c3c(O)n(C)c(=O)n(C)c3=O)=NN2C)cc1. The minimum absolute atomic E-state index is 0.0647. The molecular weight excluding hydrogens is 336 g/mol. The molecule has 0 amide bonds. The van der Waals surface area contributed by atoms with Gasteiger partial charge in [0.05, 0.1) is 18.4 Å². The van der Waals surface area contributed by atoms with E-state index in [0.717, 1.165) is 20.4 Å². The number of hydrogen-bond acceptors (Lipinski definition) is 6. The van der Waals surface area contributed by atoms with Crippen molar-refractivity contribution in [3.8, 4) is 11.6 Å². The number of aromatic hydroxyl groups is 1. The highest BCUT2D eigenvalue weighted by molar-refractivity contribution is 6.03. The molecule has 0 saturated carbocycles. The van der Waals surface area contributed by atoms with E-state index < -0.39 is 11.2 Å². The summed E-state index contributed by atoms with van der Waals surface area (Å²) < 4.78 is 7.48. The Morgan fingerprint density at radius 1 is 1.15 bits per heavy atom. The van der Waals surface area contributed by atoms with E-state index in [0.29, 0.717) is 18.7 Å². The number of benzene rings is 1. The summed E-state index contributed by atoms with van der Waals surface area (Å²) in [5.74, 6) is 0.431. The van der Waals surface area contributed by atoms with Gasteiger partial charge >= 0.3 is 5.69 Å². The highest BCUT2D eigenvalue weighted by Gasteiger charge is 2.30. The number of nitrogens with zero attached hydrogens (tertiary/aromatic N) is 4. The standard InChI is InChI=1S/C18H22N4O4/c1-5-26-12-8-6-11(7-9-12)14-10-13(19-22(14)4)15-16(23)20(2)18(25)21(3)17(15)24/h6-9,14,23H,5,10H2,1-4H3. The van der Waals surface area contributed by atoms with Crippen molar-refractivity contribution >= 4 is 5.71 Å². The van der Waals surface area contributed by atoms with Crippen molar-refractivity contribution < 1.29 is 9.84 Å². The van der Waals surface area contributed by atoms with Crippen molar-refractivity contribution in [1.29, 1.82) is 0 Å². The van der Waals surface area contributed by atoms with Gasteiger partial charge in [0.1, 0.15) is 11.3 Å². The smallest absolute Gasteiger partial charge is 0.333 e. The number of ether oxygens (including phenoxy) is 1. The molecule has 2 aromatic rings. The van der Waals surface area contributed by atoms with Crippen molar-refractivity contribution in [3.05, 3.63) is 56.2 Å². The Morgan fingerprint density at radius 3 is 2.42 bits per heavy atom. The van der Waals surface area contributed by atoms with Crippen molar-refractivity contribution in [3.63, 3.8) is 0 Å². The molecule has 0 aliphatic carbocycles. The first-order valence-electron chi connectivity index (χ1n) is 8.37. The molecule has 8 heteroatoms. The minimum atomic E-state index is -0.578. The van der Waals surface area contributed by atoms with Gasteiger partial charge in [-0.25, -0.2) is 4.79 Å². The van der Waals surface area contributed by atoms with E-state index in [4.69, 9.17) is 4.74 Å². The lowest BCUT2D eigenvalue weighted by atomic mass is 9.99. The summed E-state index contributed by atoms with van der Waals surface area (Å²) in [7, 11) is 4.62. The summed E-state index contributed by atoms with van der Waals surface area (Å²) in [6, 6.07) is 7.65. The van der Waals surface area contributed by atoms with Gasteiger partial charge in [-0.2, -0.15) is 5.10 Å². The molecule has 8 nitrogen and oxygen atoms in total. The summed E-state index contributed by atoms with van der Waals surface area (Å²) in [5, 5.41) is 16.5. The fraction of sp³-hybridized carbons (Fsp3) is 0.389. The Hall–Kier alpha value is -3.03. The molecule has 0 spiro atoms.